The molecule has 1 amide bonds. The number of carbonyl (C=O) groups excluding carboxylic acids is 1. The van der Waals surface area contributed by atoms with Crippen LogP contribution in [0.4, 0.5) is 0 Å². The van der Waals surface area contributed by atoms with E-state index in [0.29, 0.717) is 26.3 Å². The Morgan fingerprint density at radius 1 is 1.26 bits per heavy atom. The highest BCUT2D eigenvalue weighted by Gasteiger charge is 2.31. The lowest BCUT2D eigenvalue weighted by Gasteiger charge is -2.26. The van der Waals surface area contributed by atoms with Crippen LogP contribution in [0.1, 0.15) is 24.8 Å². The number of aliphatic hydroxyl groups is 1. The first-order chi connectivity index (χ1) is 11.2. The highest BCUT2D eigenvalue weighted by molar-refractivity contribution is 5.78. The van der Waals surface area contributed by atoms with Gasteiger partial charge >= 0.3 is 0 Å². The Balaban J connectivity index is 1.51. The number of ether oxygens (including phenoxy) is 1. The Morgan fingerprint density at radius 2 is 2.00 bits per heavy atom. The molecule has 2 heterocycles. The van der Waals surface area contributed by atoms with Gasteiger partial charge in [0.25, 0.3) is 0 Å². The second-order valence-corrected chi connectivity index (χ2v) is 6.59. The second kappa shape index (κ2) is 7.90. The fourth-order valence-corrected chi connectivity index (χ4v) is 3.50. The highest BCUT2D eigenvalue weighted by Crippen LogP contribution is 2.21. The van der Waals surface area contributed by atoms with Gasteiger partial charge in [-0.3, -0.25) is 9.69 Å². The SMILES string of the molecule is O=C(NCC1CC(O)CN1Cc1ccccc1)C1CCOCC1. The molecule has 5 heteroatoms. The van der Waals surface area contributed by atoms with Crippen LogP contribution in [0.15, 0.2) is 30.3 Å². The third-order valence-electron chi connectivity index (χ3n) is 4.84. The third kappa shape index (κ3) is 4.53. The molecule has 0 aliphatic carbocycles. The standard InChI is InChI=1S/C18H26N2O3/c21-17-10-16(11-19-18(22)15-6-8-23-9-7-15)20(13-17)12-14-4-2-1-3-5-14/h1-5,15-17,21H,6-13H2,(H,19,22). The summed E-state index contributed by atoms with van der Waals surface area (Å²) in [5.74, 6) is 0.215. The lowest BCUT2D eigenvalue weighted by molar-refractivity contribution is -0.128. The molecule has 2 fully saturated rings. The smallest absolute Gasteiger partial charge is 0.223 e. The summed E-state index contributed by atoms with van der Waals surface area (Å²) in [6, 6.07) is 10.5. The monoisotopic (exact) mass is 318 g/mol. The van der Waals surface area contributed by atoms with E-state index in [1.165, 1.54) is 5.56 Å². The lowest BCUT2D eigenvalue weighted by Crippen LogP contribution is -2.42. The molecule has 2 saturated heterocycles. The average Bonchev–Trinajstić information content (AvgIpc) is 2.94. The molecule has 2 N–H and O–H groups in total. The minimum atomic E-state index is -0.302. The van der Waals surface area contributed by atoms with Crippen molar-refractivity contribution in [2.75, 3.05) is 26.3 Å². The van der Waals surface area contributed by atoms with Crippen LogP contribution in [0, 0.1) is 5.92 Å². The number of likely N-dealkylation sites (tertiary alicyclic amines) is 1. The predicted octanol–water partition coefficient (Wildman–Crippen LogP) is 1.16. The molecule has 2 atom stereocenters. The topological polar surface area (TPSA) is 61.8 Å². The van der Waals surface area contributed by atoms with E-state index < -0.39 is 0 Å². The first-order valence-corrected chi connectivity index (χ1v) is 8.54. The van der Waals surface area contributed by atoms with Gasteiger partial charge in [0.1, 0.15) is 0 Å². The lowest BCUT2D eigenvalue weighted by atomic mass is 9.99. The molecule has 2 aliphatic heterocycles. The van der Waals surface area contributed by atoms with E-state index in [-0.39, 0.29) is 24.0 Å². The van der Waals surface area contributed by atoms with Gasteiger partial charge in [0.15, 0.2) is 0 Å². The van der Waals surface area contributed by atoms with E-state index in [9.17, 15) is 9.90 Å². The molecule has 0 aromatic heterocycles. The zero-order chi connectivity index (χ0) is 16.1. The Bertz CT molecular complexity index is 502. The average molecular weight is 318 g/mol. The number of nitrogens with one attached hydrogen (secondary N) is 1. The van der Waals surface area contributed by atoms with Gasteiger partial charge in [-0.15, -0.1) is 0 Å². The van der Waals surface area contributed by atoms with E-state index in [1.54, 1.807) is 0 Å². The van der Waals surface area contributed by atoms with Crippen LogP contribution in [0.5, 0.6) is 0 Å². The van der Waals surface area contributed by atoms with Gasteiger partial charge in [-0.2, -0.15) is 0 Å². The van der Waals surface area contributed by atoms with Crippen molar-refractivity contribution in [3.05, 3.63) is 35.9 Å². The van der Waals surface area contributed by atoms with Gasteiger partial charge in [0.05, 0.1) is 6.10 Å². The summed E-state index contributed by atoms with van der Waals surface area (Å²) in [6.07, 6.45) is 2.05. The van der Waals surface area contributed by atoms with E-state index >= 15 is 0 Å². The summed E-state index contributed by atoms with van der Waals surface area (Å²) >= 11 is 0. The number of nitrogens with zero attached hydrogens (tertiary/aromatic N) is 1. The van der Waals surface area contributed by atoms with Crippen LogP contribution in [-0.4, -0.2) is 54.4 Å². The Labute approximate surface area is 137 Å². The summed E-state index contributed by atoms with van der Waals surface area (Å²) in [7, 11) is 0. The zero-order valence-corrected chi connectivity index (χ0v) is 13.5. The summed E-state index contributed by atoms with van der Waals surface area (Å²) in [4.78, 5) is 14.5. The fourth-order valence-electron chi connectivity index (χ4n) is 3.50. The molecule has 0 radical (unpaired) electrons. The molecule has 0 spiro atoms. The number of hydrogen-bond acceptors (Lipinski definition) is 4. The van der Waals surface area contributed by atoms with Crippen molar-refractivity contribution in [2.24, 2.45) is 5.92 Å². The number of amides is 1. The number of β-amino-alcohol motifs (C(OH)–C–C–N with tert-alkyl or cyclic N) is 1. The predicted molar refractivity (Wildman–Crippen MR) is 87.8 cm³/mol. The van der Waals surface area contributed by atoms with E-state index in [1.807, 2.05) is 18.2 Å². The summed E-state index contributed by atoms with van der Waals surface area (Å²) in [6.45, 7) is 3.46. The van der Waals surface area contributed by atoms with Crippen molar-refractivity contribution < 1.29 is 14.6 Å². The molecule has 23 heavy (non-hydrogen) atoms. The Kier molecular flexibility index (Phi) is 5.65. The van der Waals surface area contributed by atoms with Crippen LogP contribution in [0.3, 0.4) is 0 Å². The van der Waals surface area contributed by atoms with Gasteiger partial charge in [-0.05, 0) is 24.8 Å². The Morgan fingerprint density at radius 3 is 2.74 bits per heavy atom. The quantitative estimate of drug-likeness (QED) is 0.855. The summed E-state index contributed by atoms with van der Waals surface area (Å²) in [5, 5.41) is 13.1. The molecular formula is C18H26N2O3. The summed E-state index contributed by atoms with van der Waals surface area (Å²) in [5.41, 5.74) is 1.24. The molecule has 1 aromatic rings. The molecule has 1 aromatic carbocycles. The van der Waals surface area contributed by atoms with Crippen LogP contribution in [0.25, 0.3) is 0 Å². The van der Waals surface area contributed by atoms with Crippen LogP contribution in [-0.2, 0) is 16.1 Å². The van der Waals surface area contributed by atoms with E-state index in [4.69, 9.17) is 4.74 Å². The normalized spacial score (nSPS) is 26.3. The van der Waals surface area contributed by atoms with Gasteiger partial charge in [0, 0.05) is 44.8 Å². The van der Waals surface area contributed by atoms with Crippen LogP contribution in [0.2, 0.25) is 0 Å². The molecule has 2 aliphatic rings. The molecule has 3 rings (SSSR count). The van der Waals surface area contributed by atoms with Crippen molar-refractivity contribution >= 4 is 5.91 Å². The molecule has 126 valence electrons. The second-order valence-electron chi connectivity index (χ2n) is 6.59. The van der Waals surface area contributed by atoms with E-state index in [0.717, 1.165) is 25.8 Å². The largest absolute Gasteiger partial charge is 0.392 e. The molecule has 5 nitrogen and oxygen atoms in total. The van der Waals surface area contributed by atoms with Crippen molar-refractivity contribution in [2.45, 2.75) is 38.0 Å². The molecule has 0 saturated carbocycles. The first kappa shape index (κ1) is 16.4. The highest BCUT2D eigenvalue weighted by atomic mass is 16.5. The number of aliphatic hydroxyl groups excluding tert-OH is 1. The number of hydrogen-bond donors (Lipinski definition) is 2. The molecule has 0 bridgehead atoms. The number of carbonyl (C=O) groups is 1. The van der Waals surface area contributed by atoms with Gasteiger partial charge in [-0.25, -0.2) is 0 Å². The maximum Gasteiger partial charge on any atom is 0.223 e. The van der Waals surface area contributed by atoms with Crippen molar-refractivity contribution in [3.63, 3.8) is 0 Å². The Hall–Kier alpha value is -1.43. The maximum absolute atomic E-state index is 12.3. The molecule has 2 unspecified atom stereocenters. The van der Waals surface area contributed by atoms with Gasteiger partial charge in [-0.1, -0.05) is 30.3 Å². The van der Waals surface area contributed by atoms with Crippen LogP contribution < -0.4 is 5.32 Å². The minimum absolute atomic E-state index is 0.0812. The van der Waals surface area contributed by atoms with Crippen LogP contribution >= 0.6 is 0 Å². The van der Waals surface area contributed by atoms with Gasteiger partial charge in [0.2, 0.25) is 5.91 Å². The molecular weight excluding hydrogens is 292 g/mol. The van der Waals surface area contributed by atoms with E-state index in [2.05, 4.69) is 22.3 Å². The van der Waals surface area contributed by atoms with Crippen molar-refractivity contribution in [3.8, 4) is 0 Å². The fraction of sp³-hybridized carbons (Fsp3) is 0.611. The van der Waals surface area contributed by atoms with Crippen molar-refractivity contribution in [1.82, 2.24) is 10.2 Å². The summed E-state index contributed by atoms with van der Waals surface area (Å²) < 4.78 is 5.30. The minimum Gasteiger partial charge on any atom is -0.392 e. The van der Waals surface area contributed by atoms with Crippen molar-refractivity contribution in [1.29, 1.82) is 0 Å². The first-order valence-electron chi connectivity index (χ1n) is 8.54. The zero-order valence-electron chi connectivity index (χ0n) is 13.5. The number of benzene rings is 1. The third-order valence-corrected chi connectivity index (χ3v) is 4.84. The maximum atomic E-state index is 12.3. The number of rotatable bonds is 5. The van der Waals surface area contributed by atoms with Gasteiger partial charge < -0.3 is 15.2 Å².